The lowest BCUT2D eigenvalue weighted by Gasteiger charge is -2.34. The number of hydrogen-bond acceptors (Lipinski definition) is 5. The fourth-order valence-electron chi connectivity index (χ4n) is 2.83. The minimum Gasteiger partial charge on any atom is -0.393 e. The van der Waals surface area contributed by atoms with Gasteiger partial charge in [-0.1, -0.05) is 13.3 Å². The van der Waals surface area contributed by atoms with E-state index in [1.54, 1.807) is 7.11 Å². The summed E-state index contributed by atoms with van der Waals surface area (Å²) in [4.78, 5) is 0. The molecule has 2 heterocycles. The molecule has 100 valence electrons. The summed E-state index contributed by atoms with van der Waals surface area (Å²) in [6, 6.07) is 0. The van der Waals surface area contributed by atoms with E-state index in [1.807, 2.05) is 20.8 Å². The smallest absolute Gasteiger partial charge is 0.190 e. The van der Waals surface area contributed by atoms with Crippen LogP contribution in [0.4, 0.5) is 0 Å². The van der Waals surface area contributed by atoms with Gasteiger partial charge in [-0.25, -0.2) is 0 Å². The van der Waals surface area contributed by atoms with Gasteiger partial charge in [0.15, 0.2) is 12.1 Å². The van der Waals surface area contributed by atoms with E-state index in [9.17, 15) is 5.11 Å². The van der Waals surface area contributed by atoms with Crippen molar-refractivity contribution in [3.8, 4) is 0 Å². The zero-order chi connectivity index (χ0) is 12.7. The van der Waals surface area contributed by atoms with Gasteiger partial charge in [0.05, 0.1) is 6.61 Å². The van der Waals surface area contributed by atoms with Gasteiger partial charge in [-0.15, -0.1) is 0 Å². The standard InChI is InChI=1S/C12H22O5/c1-5-6-12(7-13)9(14-4)8-10(17-12)16-11(2,3)15-8/h8-10,13H,5-7H2,1-4H3. The Hall–Kier alpha value is -0.200. The van der Waals surface area contributed by atoms with E-state index >= 15 is 0 Å². The van der Waals surface area contributed by atoms with Crippen molar-refractivity contribution >= 4 is 0 Å². The highest BCUT2D eigenvalue weighted by atomic mass is 16.8. The SMILES string of the molecule is CCCC1(CO)OC2OC(C)(C)OC2C1OC. The van der Waals surface area contributed by atoms with Gasteiger partial charge in [0, 0.05) is 7.11 Å². The fourth-order valence-corrected chi connectivity index (χ4v) is 2.83. The van der Waals surface area contributed by atoms with Crippen LogP contribution in [0.3, 0.4) is 0 Å². The van der Waals surface area contributed by atoms with Gasteiger partial charge >= 0.3 is 0 Å². The van der Waals surface area contributed by atoms with Crippen LogP contribution >= 0.6 is 0 Å². The second-order valence-corrected chi connectivity index (χ2v) is 5.22. The molecule has 0 bridgehead atoms. The highest BCUT2D eigenvalue weighted by molar-refractivity contribution is 5.03. The van der Waals surface area contributed by atoms with Gasteiger partial charge in [-0.3, -0.25) is 0 Å². The highest BCUT2D eigenvalue weighted by Gasteiger charge is 2.61. The molecule has 0 spiro atoms. The van der Waals surface area contributed by atoms with Crippen LogP contribution in [0.15, 0.2) is 0 Å². The summed E-state index contributed by atoms with van der Waals surface area (Å²) in [6.45, 7) is 5.66. The van der Waals surface area contributed by atoms with Gasteiger partial charge in [0.2, 0.25) is 0 Å². The topological polar surface area (TPSA) is 57.2 Å². The Morgan fingerprint density at radius 3 is 2.47 bits per heavy atom. The molecular formula is C12H22O5. The van der Waals surface area contributed by atoms with Crippen LogP contribution in [0, 0.1) is 0 Å². The minimum absolute atomic E-state index is 0.0838. The summed E-state index contributed by atoms with van der Waals surface area (Å²) in [6.07, 6.45) is 0.618. The molecule has 0 aromatic rings. The maximum absolute atomic E-state index is 9.62. The molecule has 4 atom stereocenters. The predicted molar refractivity (Wildman–Crippen MR) is 60.4 cm³/mol. The van der Waals surface area contributed by atoms with E-state index in [4.69, 9.17) is 18.9 Å². The van der Waals surface area contributed by atoms with Crippen molar-refractivity contribution in [2.75, 3.05) is 13.7 Å². The lowest BCUT2D eigenvalue weighted by molar-refractivity contribution is -0.249. The first-order chi connectivity index (χ1) is 7.98. The third kappa shape index (κ3) is 2.11. The van der Waals surface area contributed by atoms with Crippen LogP contribution in [0.2, 0.25) is 0 Å². The number of hydrogen-bond donors (Lipinski definition) is 1. The van der Waals surface area contributed by atoms with E-state index < -0.39 is 17.7 Å². The maximum atomic E-state index is 9.62. The Labute approximate surface area is 102 Å². The first kappa shape index (κ1) is 13.2. The van der Waals surface area contributed by atoms with E-state index in [1.165, 1.54) is 0 Å². The molecule has 0 aliphatic carbocycles. The molecule has 0 saturated carbocycles. The number of aliphatic hydroxyl groups excluding tert-OH is 1. The van der Waals surface area contributed by atoms with Gasteiger partial charge in [-0.05, 0) is 20.3 Å². The summed E-state index contributed by atoms with van der Waals surface area (Å²) >= 11 is 0. The summed E-state index contributed by atoms with van der Waals surface area (Å²) in [5, 5.41) is 9.62. The van der Waals surface area contributed by atoms with E-state index in [2.05, 4.69) is 0 Å². The highest BCUT2D eigenvalue weighted by Crippen LogP contribution is 2.45. The first-order valence-corrected chi connectivity index (χ1v) is 6.15. The number of aliphatic hydroxyl groups is 1. The van der Waals surface area contributed by atoms with Crippen molar-refractivity contribution in [2.45, 2.75) is 63.5 Å². The molecule has 0 aromatic heterocycles. The van der Waals surface area contributed by atoms with Gasteiger partial charge in [-0.2, -0.15) is 0 Å². The molecule has 5 heteroatoms. The van der Waals surface area contributed by atoms with E-state index in [0.717, 1.165) is 12.8 Å². The predicted octanol–water partition coefficient (Wildman–Crippen LogP) is 1.04. The second kappa shape index (κ2) is 4.48. The number of fused-ring (bicyclic) bond motifs is 1. The van der Waals surface area contributed by atoms with Crippen molar-refractivity contribution in [1.82, 2.24) is 0 Å². The number of methoxy groups -OCH3 is 1. The molecule has 1 N–H and O–H groups in total. The van der Waals surface area contributed by atoms with E-state index in [0.29, 0.717) is 0 Å². The van der Waals surface area contributed by atoms with Gasteiger partial charge in [0.25, 0.3) is 0 Å². The van der Waals surface area contributed by atoms with E-state index in [-0.39, 0.29) is 18.8 Å². The Morgan fingerprint density at radius 1 is 1.24 bits per heavy atom. The van der Waals surface area contributed by atoms with Crippen molar-refractivity contribution in [3.05, 3.63) is 0 Å². The zero-order valence-electron chi connectivity index (χ0n) is 10.9. The van der Waals surface area contributed by atoms with Crippen molar-refractivity contribution in [1.29, 1.82) is 0 Å². The Morgan fingerprint density at radius 2 is 1.94 bits per heavy atom. The van der Waals surface area contributed by atoms with Crippen LogP contribution in [0.1, 0.15) is 33.6 Å². The number of ether oxygens (including phenoxy) is 4. The lowest BCUT2D eigenvalue weighted by Crippen LogP contribution is -2.48. The third-order valence-corrected chi connectivity index (χ3v) is 3.45. The average molecular weight is 246 g/mol. The fraction of sp³-hybridized carbons (Fsp3) is 1.00. The quantitative estimate of drug-likeness (QED) is 0.803. The Bertz CT molecular complexity index is 280. The van der Waals surface area contributed by atoms with Crippen molar-refractivity contribution in [2.24, 2.45) is 0 Å². The van der Waals surface area contributed by atoms with Crippen LogP contribution in [-0.4, -0.2) is 48.7 Å². The van der Waals surface area contributed by atoms with Crippen molar-refractivity contribution in [3.63, 3.8) is 0 Å². The molecule has 0 amide bonds. The zero-order valence-corrected chi connectivity index (χ0v) is 10.9. The molecule has 4 unspecified atom stereocenters. The van der Waals surface area contributed by atoms with Crippen LogP contribution in [-0.2, 0) is 18.9 Å². The molecule has 5 nitrogen and oxygen atoms in total. The molecule has 2 saturated heterocycles. The lowest BCUT2D eigenvalue weighted by atomic mass is 9.91. The van der Waals surface area contributed by atoms with Gasteiger partial charge in [0.1, 0.15) is 17.8 Å². The van der Waals surface area contributed by atoms with Crippen LogP contribution in [0.5, 0.6) is 0 Å². The third-order valence-electron chi connectivity index (χ3n) is 3.45. The second-order valence-electron chi connectivity index (χ2n) is 5.22. The molecule has 0 radical (unpaired) electrons. The summed E-state index contributed by atoms with van der Waals surface area (Å²) in [7, 11) is 1.62. The summed E-state index contributed by atoms with van der Waals surface area (Å²) in [5.41, 5.74) is -0.699. The molecule has 0 aromatic carbocycles. The average Bonchev–Trinajstić information content (AvgIpc) is 2.67. The first-order valence-electron chi connectivity index (χ1n) is 6.15. The number of rotatable bonds is 4. The maximum Gasteiger partial charge on any atom is 0.190 e. The Kier molecular flexibility index (Phi) is 3.49. The molecule has 2 aliphatic rings. The van der Waals surface area contributed by atoms with Crippen LogP contribution < -0.4 is 0 Å². The molecule has 17 heavy (non-hydrogen) atoms. The molecule has 2 aliphatic heterocycles. The van der Waals surface area contributed by atoms with Gasteiger partial charge < -0.3 is 24.1 Å². The largest absolute Gasteiger partial charge is 0.393 e. The molecule has 2 rings (SSSR count). The van der Waals surface area contributed by atoms with Crippen molar-refractivity contribution < 1.29 is 24.1 Å². The molecule has 2 fully saturated rings. The minimum atomic E-state index is -0.699. The normalized spacial score (nSPS) is 43.9. The molecular weight excluding hydrogens is 224 g/mol. The van der Waals surface area contributed by atoms with Crippen LogP contribution in [0.25, 0.3) is 0 Å². The summed E-state index contributed by atoms with van der Waals surface area (Å²) in [5.74, 6) is -0.653. The Balaban J connectivity index is 2.20. The monoisotopic (exact) mass is 246 g/mol. The summed E-state index contributed by atoms with van der Waals surface area (Å²) < 4.78 is 22.8.